The molecule has 0 unspecified atom stereocenters. The van der Waals surface area contributed by atoms with Crippen molar-refractivity contribution in [3.63, 3.8) is 0 Å². The van der Waals surface area contributed by atoms with Crippen LogP contribution in [0.3, 0.4) is 0 Å². The number of ether oxygens (including phenoxy) is 3. The smallest absolute Gasteiger partial charge is 0.251 e. The number of hydrogen-bond donors (Lipinski definition) is 5. The standard InChI is InChI=1S/C49H62ClN7O8/c1-47(2,3)41(44(62)57-28-35(58)23-38(57)43(61)54-27-33-13-12-30(25-51)22-39(33)63-8)55-40(59)29-64-21-11-9-10-20-53-34-17-14-31(15-18-34)42(60)56-45-48(4,5)46(49(45,6)7)65-36-19-16-32(26-52)37(50)24-36/h12-19,22,24,35,38,41,45-46,53,58H,9-11,20-21,23,27-29H2,1-8H3,(H,54,61)(H,55,59)(H,56,60)/t35-,38+,41-,45?,46?/m1/s1. The number of likely N-dealkylation sites (tertiary alicyclic amines) is 1. The molecule has 65 heavy (non-hydrogen) atoms. The average Bonchev–Trinajstić information content (AvgIpc) is 3.67. The van der Waals surface area contributed by atoms with Crippen LogP contribution in [0.4, 0.5) is 5.69 Å². The number of halogens is 1. The van der Waals surface area contributed by atoms with Crippen LogP contribution in [0.1, 0.15) is 101 Å². The second-order valence-electron chi connectivity index (χ2n) is 19.0. The molecule has 2 fully saturated rings. The second kappa shape index (κ2) is 21.4. The monoisotopic (exact) mass is 911 g/mol. The number of benzene rings is 3. The number of aliphatic hydroxyl groups is 1. The molecule has 16 heteroatoms. The predicted molar refractivity (Wildman–Crippen MR) is 246 cm³/mol. The molecule has 15 nitrogen and oxygen atoms in total. The first-order chi connectivity index (χ1) is 30.7. The maximum Gasteiger partial charge on any atom is 0.251 e. The summed E-state index contributed by atoms with van der Waals surface area (Å²) in [6, 6.07) is 19.3. The minimum Gasteiger partial charge on any atom is -0.496 e. The topological polar surface area (TPSA) is 215 Å². The van der Waals surface area contributed by atoms with Crippen molar-refractivity contribution in [2.45, 2.75) is 111 Å². The summed E-state index contributed by atoms with van der Waals surface area (Å²) in [5.41, 5.74) is 1.40. The van der Waals surface area contributed by atoms with Crippen LogP contribution in [0.2, 0.25) is 5.02 Å². The van der Waals surface area contributed by atoms with Gasteiger partial charge in [-0.3, -0.25) is 19.2 Å². The number of anilines is 1. The minimum absolute atomic E-state index is 0.0493. The first-order valence-electron chi connectivity index (χ1n) is 21.9. The molecule has 3 aromatic carbocycles. The first-order valence-corrected chi connectivity index (χ1v) is 22.3. The molecule has 0 aromatic heterocycles. The molecular weight excluding hydrogens is 850 g/mol. The van der Waals surface area contributed by atoms with E-state index in [-0.39, 0.29) is 55.0 Å². The Balaban J connectivity index is 1.00. The highest BCUT2D eigenvalue weighted by Crippen LogP contribution is 2.55. The second-order valence-corrected chi connectivity index (χ2v) is 19.4. The van der Waals surface area contributed by atoms with Crippen LogP contribution in [0, 0.1) is 38.9 Å². The van der Waals surface area contributed by atoms with E-state index in [4.69, 9.17) is 25.8 Å². The quantitative estimate of drug-likeness (QED) is 0.0865. The zero-order chi connectivity index (χ0) is 47.7. The predicted octanol–water partition coefficient (Wildman–Crippen LogP) is 6.11. The summed E-state index contributed by atoms with van der Waals surface area (Å²) < 4.78 is 17.4. The van der Waals surface area contributed by atoms with Gasteiger partial charge in [0.25, 0.3) is 5.91 Å². The van der Waals surface area contributed by atoms with E-state index in [1.807, 2.05) is 39.0 Å². The number of nitrogens with zero attached hydrogens (tertiary/aromatic N) is 3. The number of aliphatic hydroxyl groups excluding tert-OH is 1. The molecule has 348 valence electrons. The number of carbonyl (C=O) groups excluding carboxylic acids is 4. The average molecular weight is 913 g/mol. The van der Waals surface area contributed by atoms with Gasteiger partial charge in [0.15, 0.2) is 0 Å². The summed E-state index contributed by atoms with van der Waals surface area (Å²) in [4.78, 5) is 55.0. The van der Waals surface area contributed by atoms with E-state index in [1.54, 1.807) is 48.5 Å². The van der Waals surface area contributed by atoms with E-state index in [0.717, 1.165) is 18.5 Å². The SMILES string of the molecule is COc1cc(C#N)ccc1CNC(=O)[C@@H]1C[C@@H](O)CN1C(=O)[C@@H](NC(=O)COCCCCCNc1ccc(C(=O)NC2C(C)(C)C(Oc3ccc(C#N)c(Cl)c3)C2(C)C)cc1)C(C)(C)C. The molecule has 1 saturated carbocycles. The Bertz CT molecular complexity index is 2260. The van der Waals surface area contributed by atoms with Gasteiger partial charge in [-0.1, -0.05) is 66.1 Å². The summed E-state index contributed by atoms with van der Waals surface area (Å²) in [5.74, 6) is -0.545. The number of nitrogens with one attached hydrogen (secondary N) is 4. The van der Waals surface area contributed by atoms with Gasteiger partial charge in [-0.2, -0.15) is 10.5 Å². The van der Waals surface area contributed by atoms with Gasteiger partial charge in [-0.25, -0.2) is 0 Å². The maximum absolute atomic E-state index is 13.9. The van der Waals surface area contributed by atoms with E-state index in [0.29, 0.717) is 58.3 Å². The van der Waals surface area contributed by atoms with Crippen molar-refractivity contribution in [1.82, 2.24) is 20.9 Å². The molecule has 5 rings (SSSR count). The molecule has 0 bridgehead atoms. The van der Waals surface area contributed by atoms with Gasteiger partial charge >= 0.3 is 0 Å². The van der Waals surface area contributed by atoms with Crippen LogP contribution in [-0.2, 0) is 25.7 Å². The van der Waals surface area contributed by atoms with Crippen LogP contribution in [-0.4, -0.2) is 97.4 Å². The van der Waals surface area contributed by atoms with Crippen molar-refractivity contribution in [1.29, 1.82) is 10.5 Å². The Morgan fingerprint density at radius 3 is 2.29 bits per heavy atom. The highest BCUT2D eigenvalue weighted by Gasteiger charge is 2.64. The minimum atomic E-state index is -0.981. The van der Waals surface area contributed by atoms with Crippen LogP contribution >= 0.6 is 11.6 Å². The lowest BCUT2D eigenvalue weighted by Crippen LogP contribution is -2.74. The Hall–Kier alpha value is -5.87. The van der Waals surface area contributed by atoms with Gasteiger partial charge < -0.3 is 45.5 Å². The fourth-order valence-corrected chi connectivity index (χ4v) is 9.25. The van der Waals surface area contributed by atoms with Crippen LogP contribution < -0.4 is 30.7 Å². The summed E-state index contributed by atoms with van der Waals surface area (Å²) in [5, 5.41) is 41.5. The van der Waals surface area contributed by atoms with E-state index < -0.39 is 41.3 Å². The zero-order valence-corrected chi connectivity index (χ0v) is 39.3. The van der Waals surface area contributed by atoms with Crippen molar-refractivity contribution >= 4 is 40.9 Å². The van der Waals surface area contributed by atoms with E-state index in [9.17, 15) is 34.8 Å². The number of amides is 4. The largest absolute Gasteiger partial charge is 0.496 e. The molecule has 0 spiro atoms. The fraction of sp³-hybridized carbons (Fsp3) is 0.510. The Morgan fingerprint density at radius 1 is 0.954 bits per heavy atom. The molecule has 3 atom stereocenters. The zero-order valence-electron chi connectivity index (χ0n) is 38.5. The highest BCUT2D eigenvalue weighted by atomic mass is 35.5. The summed E-state index contributed by atoms with van der Waals surface area (Å²) in [6.45, 7) is 14.5. The molecule has 1 aliphatic heterocycles. The molecule has 1 saturated heterocycles. The lowest BCUT2D eigenvalue weighted by molar-refractivity contribution is -0.164. The number of unbranched alkanes of at least 4 members (excludes halogenated alkanes) is 2. The van der Waals surface area contributed by atoms with Gasteiger partial charge in [0.05, 0.1) is 35.4 Å². The Labute approximate surface area is 387 Å². The van der Waals surface area contributed by atoms with Crippen LogP contribution in [0.5, 0.6) is 11.5 Å². The molecule has 4 amide bonds. The van der Waals surface area contributed by atoms with Crippen molar-refractivity contribution in [2.75, 3.05) is 38.7 Å². The lowest BCUT2D eigenvalue weighted by atomic mass is 9.49. The first kappa shape index (κ1) is 50.1. The molecule has 5 N–H and O–H groups in total. The Kier molecular flexibility index (Phi) is 16.5. The van der Waals surface area contributed by atoms with Gasteiger partial charge in [-0.05, 0) is 73.2 Å². The van der Waals surface area contributed by atoms with Gasteiger partial charge in [0.1, 0.15) is 42.4 Å². The maximum atomic E-state index is 13.9. The van der Waals surface area contributed by atoms with Gasteiger partial charge in [0, 0.05) is 72.4 Å². The number of methoxy groups -OCH3 is 1. The number of nitriles is 2. The summed E-state index contributed by atoms with van der Waals surface area (Å²) in [6.07, 6.45) is 1.33. The normalized spacial score (nSPS) is 20.0. The summed E-state index contributed by atoms with van der Waals surface area (Å²) >= 11 is 6.23. The molecule has 2 aliphatic rings. The number of hydrogen-bond acceptors (Lipinski definition) is 11. The van der Waals surface area contributed by atoms with Crippen molar-refractivity contribution in [3.8, 4) is 23.6 Å². The van der Waals surface area contributed by atoms with Crippen molar-refractivity contribution in [2.24, 2.45) is 16.2 Å². The van der Waals surface area contributed by atoms with Crippen LogP contribution in [0.25, 0.3) is 0 Å². The van der Waals surface area contributed by atoms with Crippen LogP contribution in [0.15, 0.2) is 60.7 Å². The highest BCUT2D eigenvalue weighted by molar-refractivity contribution is 6.31. The van der Waals surface area contributed by atoms with Gasteiger partial charge in [-0.15, -0.1) is 0 Å². The number of carbonyl (C=O) groups is 4. The fourth-order valence-electron chi connectivity index (χ4n) is 9.04. The van der Waals surface area contributed by atoms with E-state index in [2.05, 4.69) is 55.0 Å². The van der Waals surface area contributed by atoms with Gasteiger partial charge in [0.2, 0.25) is 17.7 Å². The lowest BCUT2D eigenvalue weighted by Gasteiger charge is -2.63. The van der Waals surface area contributed by atoms with Crippen molar-refractivity contribution < 1.29 is 38.5 Å². The van der Waals surface area contributed by atoms with E-state index >= 15 is 0 Å². The molecule has 1 aliphatic carbocycles. The molecule has 0 radical (unpaired) electrons. The number of rotatable bonds is 19. The van der Waals surface area contributed by atoms with Crippen molar-refractivity contribution in [3.05, 3.63) is 87.9 Å². The third-order valence-electron chi connectivity index (χ3n) is 12.3. The molecule has 1 heterocycles. The Morgan fingerprint density at radius 2 is 1.66 bits per heavy atom. The number of β-amino-alcohol motifs (C(OH)–C–C–N with tert-alkyl or cyclic N) is 1. The third kappa shape index (κ3) is 12.3. The molecular formula is C49H62ClN7O8. The van der Waals surface area contributed by atoms with E-state index in [1.165, 1.54) is 12.0 Å². The summed E-state index contributed by atoms with van der Waals surface area (Å²) in [7, 11) is 1.47. The molecule has 3 aromatic rings. The third-order valence-corrected chi connectivity index (χ3v) is 12.6.